The van der Waals surface area contributed by atoms with Crippen LogP contribution < -0.4 is 5.73 Å². The maximum atomic E-state index is 9.99. The predicted molar refractivity (Wildman–Crippen MR) is 35.0 cm³/mol. The van der Waals surface area contributed by atoms with Gasteiger partial charge in [-0.05, 0) is 0 Å². The van der Waals surface area contributed by atoms with Crippen molar-refractivity contribution in [2.24, 2.45) is 5.73 Å². The van der Waals surface area contributed by atoms with Crippen LogP contribution in [0.2, 0.25) is 0 Å². The Morgan fingerprint density at radius 1 is 1.70 bits per heavy atom. The van der Waals surface area contributed by atoms with Crippen molar-refractivity contribution in [1.29, 1.82) is 5.41 Å². The molecule has 58 valence electrons. The van der Waals surface area contributed by atoms with Gasteiger partial charge in [-0.15, -0.1) is 0 Å². The summed E-state index contributed by atoms with van der Waals surface area (Å²) < 4.78 is 0. The molecule has 0 saturated carbocycles. The number of aliphatic carboxylic acids is 1. The van der Waals surface area contributed by atoms with E-state index < -0.39 is 17.7 Å². The largest absolute Gasteiger partial charge is 0.477 e. The van der Waals surface area contributed by atoms with E-state index in [0.29, 0.717) is 0 Å². The fourth-order valence-electron chi connectivity index (χ4n) is 0.414. The van der Waals surface area contributed by atoms with Crippen LogP contribution in [0, 0.1) is 5.41 Å². The van der Waals surface area contributed by atoms with Crippen molar-refractivity contribution < 1.29 is 15.0 Å². The number of aliphatic hydroxyl groups excluding tert-OH is 1. The van der Waals surface area contributed by atoms with Gasteiger partial charge in [-0.3, -0.25) is 5.41 Å². The summed E-state index contributed by atoms with van der Waals surface area (Å²) in [5.74, 6) is -1.29. The first-order valence-corrected chi connectivity index (χ1v) is 2.75. The quantitative estimate of drug-likeness (QED) is 0.373. The van der Waals surface area contributed by atoms with E-state index in [0.717, 1.165) is 0 Å². The third-order valence-electron chi connectivity index (χ3n) is 0.959. The number of hydrogen-bond acceptors (Lipinski definition) is 4. The number of nitrogens with one attached hydrogen (secondary N) is 1. The zero-order valence-electron chi connectivity index (χ0n) is 5.37. The van der Waals surface area contributed by atoms with Crippen molar-refractivity contribution in [3.63, 3.8) is 0 Å². The Labute approximate surface area is 58.0 Å². The summed E-state index contributed by atoms with van der Waals surface area (Å²) in [6.45, 7) is -0.296. The van der Waals surface area contributed by atoms with Crippen LogP contribution in [0.4, 0.5) is 0 Å². The van der Waals surface area contributed by atoms with Gasteiger partial charge in [0.1, 0.15) is 5.71 Å². The van der Waals surface area contributed by atoms with Gasteiger partial charge in [-0.25, -0.2) is 4.79 Å². The number of rotatable bonds is 4. The van der Waals surface area contributed by atoms with Gasteiger partial charge < -0.3 is 15.9 Å². The molecule has 5 N–H and O–H groups in total. The number of carbonyl (C=O) groups is 1. The first-order chi connectivity index (χ1) is 4.57. The highest BCUT2D eigenvalue weighted by atomic mass is 16.4. The molecule has 1 atom stereocenters. The minimum Gasteiger partial charge on any atom is -0.477 e. The molecule has 0 heterocycles. The fraction of sp³-hybridized carbons (Fsp3) is 0.600. The summed E-state index contributed by atoms with van der Waals surface area (Å²) in [4.78, 5) is 9.99. The van der Waals surface area contributed by atoms with Crippen LogP contribution in [0.1, 0.15) is 6.42 Å². The highest BCUT2D eigenvalue weighted by Gasteiger charge is 2.10. The maximum absolute atomic E-state index is 9.99. The highest BCUT2D eigenvalue weighted by Crippen LogP contribution is 1.88. The molecule has 10 heavy (non-hydrogen) atoms. The summed E-state index contributed by atoms with van der Waals surface area (Å²) in [6, 6.07) is -0.636. The number of aliphatic hydroxyl groups is 1. The molecule has 0 amide bonds. The van der Waals surface area contributed by atoms with Gasteiger partial charge in [-0.1, -0.05) is 0 Å². The van der Waals surface area contributed by atoms with Gasteiger partial charge in [0.2, 0.25) is 0 Å². The van der Waals surface area contributed by atoms with Gasteiger partial charge in [0.05, 0.1) is 6.61 Å². The fourth-order valence-corrected chi connectivity index (χ4v) is 0.414. The summed E-state index contributed by atoms with van der Waals surface area (Å²) in [6.07, 6.45) is -0.0914. The molecule has 0 rings (SSSR count). The molecule has 1 unspecified atom stereocenters. The van der Waals surface area contributed by atoms with Crippen LogP contribution >= 0.6 is 0 Å². The second-order valence-electron chi connectivity index (χ2n) is 1.93. The van der Waals surface area contributed by atoms with E-state index in [1.54, 1.807) is 0 Å². The topological polar surface area (TPSA) is 107 Å². The molecule has 0 aromatic rings. The average Bonchev–Trinajstić information content (AvgIpc) is 1.87. The van der Waals surface area contributed by atoms with Crippen LogP contribution in [0.5, 0.6) is 0 Å². The van der Waals surface area contributed by atoms with Crippen molar-refractivity contribution in [3.05, 3.63) is 0 Å². The van der Waals surface area contributed by atoms with Crippen LogP contribution in [-0.2, 0) is 4.79 Å². The standard InChI is InChI=1S/C5H10N2O3/c6-3(2-8)1-4(7)5(9)10/h3,7-8H,1-2,6H2,(H,9,10). The third-order valence-corrected chi connectivity index (χ3v) is 0.959. The summed E-state index contributed by atoms with van der Waals surface area (Å²) >= 11 is 0. The Morgan fingerprint density at radius 2 is 2.20 bits per heavy atom. The molecular formula is C5H10N2O3. The van der Waals surface area contributed by atoms with E-state index in [1.165, 1.54) is 0 Å². The zero-order chi connectivity index (χ0) is 8.15. The number of carboxylic acids is 1. The van der Waals surface area contributed by atoms with E-state index in [1.807, 2.05) is 0 Å². The minimum absolute atomic E-state index is 0.0914. The van der Waals surface area contributed by atoms with Crippen molar-refractivity contribution in [3.8, 4) is 0 Å². The Balaban J connectivity index is 3.68. The lowest BCUT2D eigenvalue weighted by atomic mass is 10.1. The molecule has 0 saturated heterocycles. The summed E-state index contributed by atoms with van der Waals surface area (Å²) in [5, 5.41) is 23.3. The molecule has 5 heteroatoms. The second-order valence-corrected chi connectivity index (χ2v) is 1.93. The summed E-state index contributed by atoms with van der Waals surface area (Å²) in [7, 11) is 0. The van der Waals surface area contributed by atoms with Crippen molar-refractivity contribution in [1.82, 2.24) is 0 Å². The van der Waals surface area contributed by atoms with Crippen molar-refractivity contribution in [2.75, 3.05) is 6.61 Å². The normalized spacial score (nSPS) is 12.6. The first-order valence-electron chi connectivity index (χ1n) is 2.75. The van der Waals surface area contributed by atoms with Crippen molar-refractivity contribution in [2.45, 2.75) is 12.5 Å². The molecular weight excluding hydrogens is 136 g/mol. The van der Waals surface area contributed by atoms with Gasteiger partial charge >= 0.3 is 5.97 Å². The van der Waals surface area contributed by atoms with E-state index in [9.17, 15) is 4.79 Å². The van der Waals surface area contributed by atoms with Crippen LogP contribution in [-0.4, -0.2) is 34.5 Å². The molecule has 0 spiro atoms. The zero-order valence-corrected chi connectivity index (χ0v) is 5.37. The molecule has 0 aromatic carbocycles. The van der Waals surface area contributed by atoms with E-state index in [4.69, 9.17) is 21.4 Å². The van der Waals surface area contributed by atoms with E-state index in [2.05, 4.69) is 0 Å². The van der Waals surface area contributed by atoms with Crippen molar-refractivity contribution >= 4 is 11.7 Å². The van der Waals surface area contributed by atoms with Gasteiger partial charge in [-0.2, -0.15) is 0 Å². The van der Waals surface area contributed by atoms with Gasteiger partial charge in [0, 0.05) is 12.5 Å². The van der Waals surface area contributed by atoms with Crippen LogP contribution in [0.3, 0.4) is 0 Å². The average molecular weight is 146 g/mol. The highest BCUT2D eigenvalue weighted by molar-refractivity contribution is 6.34. The molecule has 0 aliphatic carbocycles. The number of nitrogens with two attached hydrogens (primary N) is 1. The maximum Gasteiger partial charge on any atom is 0.349 e. The Bertz CT molecular complexity index is 146. The molecule has 0 aromatic heterocycles. The molecule has 0 radical (unpaired) electrons. The Hall–Kier alpha value is -0.940. The van der Waals surface area contributed by atoms with E-state index >= 15 is 0 Å². The first kappa shape index (κ1) is 9.06. The second kappa shape index (κ2) is 3.97. The van der Waals surface area contributed by atoms with E-state index in [-0.39, 0.29) is 13.0 Å². The molecule has 0 fully saturated rings. The number of hydrogen-bond donors (Lipinski definition) is 4. The summed E-state index contributed by atoms with van der Waals surface area (Å²) in [5.41, 5.74) is 4.69. The Morgan fingerprint density at radius 3 is 2.50 bits per heavy atom. The smallest absolute Gasteiger partial charge is 0.349 e. The monoisotopic (exact) mass is 146 g/mol. The third kappa shape index (κ3) is 3.16. The molecule has 0 bridgehead atoms. The minimum atomic E-state index is -1.29. The number of carboxylic acid groups (broad SMARTS) is 1. The SMILES string of the molecule is N=C(CC(N)CO)C(=O)O. The van der Waals surface area contributed by atoms with Crippen LogP contribution in [0.15, 0.2) is 0 Å². The molecule has 5 nitrogen and oxygen atoms in total. The molecule has 0 aliphatic rings. The van der Waals surface area contributed by atoms with Crippen LogP contribution in [0.25, 0.3) is 0 Å². The van der Waals surface area contributed by atoms with Gasteiger partial charge in [0.15, 0.2) is 0 Å². The lowest BCUT2D eigenvalue weighted by Crippen LogP contribution is -2.29. The lowest BCUT2D eigenvalue weighted by molar-refractivity contribution is -0.129. The molecule has 0 aliphatic heterocycles. The predicted octanol–water partition coefficient (Wildman–Crippen LogP) is -1.20. The lowest BCUT2D eigenvalue weighted by Gasteiger charge is -2.04. The van der Waals surface area contributed by atoms with Gasteiger partial charge in [0.25, 0.3) is 0 Å². The Kier molecular flexibility index (Phi) is 3.60.